The topological polar surface area (TPSA) is 93.1 Å². The third-order valence-corrected chi connectivity index (χ3v) is 3.12. The normalized spacial score (nSPS) is 13.5. The minimum Gasteiger partial charge on any atom is -0.465 e. The Bertz CT molecular complexity index is 264. The molecule has 124 valence electrons. The molecule has 21 heavy (non-hydrogen) atoms. The van der Waals surface area contributed by atoms with Crippen LogP contribution in [-0.2, 0) is 19.1 Å². The number of carbonyl (C=O) groups is 2. The highest BCUT2D eigenvalue weighted by Crippen LogP contribution is 2.03. The Morgan fingerprint density at radius 1 is 0.857 bits per heavy atom. The summed E-state index contributed by atoms with van der Waals surface area (Å²) < 4.78 is 9.76. The van der Waals surface area contributed by atoms with Gasteiger partial charge >= 0.3 is 11.9 Å². The van der Waals surface area contributed by atoms with Gasteiger partial charge in [-0.2, -0.15) is 0 Å². The molecule has 2 atom stereocenters. The molecule has 0 saturated heterocycles. The molecule has 0 bridgehead atoms. The molecule has 0 heterocycles. The fourth-order valence-corrected chi connectivity index (χ4v) is 1.64. The van der Waals surface area contributed by atoms with E-state index >= 15 is 0 Å². The van der Waals surface area contributed by atoms with Crippen LogP contribution in [0.4, 0.5) is 0 Å². The lowest BCUT2D eigenvalue weighted by atomic mass is 10.1. The lowest BCUT2D eigenvalue weighted by Gasteiger charge is -2.09. The van der Waals surface area contributed by atoms with Crippen molar-refractivity contribution in [3.63, 3.8) is 0 Å². The molecule has 0 aromatic heterocycles. The van der Waals surface area contributed by atoms with E-state index < -0.39 is 18.4 Å². The van der Waals surface area contributed by atoms with E-state index in [1.54, 1.807) is 0 Å². The van der Waals surface area contributed by atoms with Crippen molar-refractivity contribution in [1.82, 2.24) is 0 Å². The van der Waals surface area contributed by atoms with E-state index in [0.29, 0.717) is 38.5 Å². The van der Waals surface area contributed by atoms with Crippen LogP contribution in [-0.4, -0.2) is 47.6 Å². The Kier molecular flexibility index (Phi) is 11.9. The Hall–Kier alpha value is -1.14. The minimum absolute atomic E-state index is 0.200. The monoisotopic (exact) mass is 304 g/mol. The average Bonchev–Trinajstić information content (AvgIpc) is 2.47. The minimum atomic E-state index is -0.611. The summed E-state index contributed by atoms with van der Waals surface area (Å²) >= 11 is 0. The second kappa shape index (κ2) is 12.6. The third kappa shape index (κ3) is 12.3. The van der Waals surface area contributed by atoms with Gasteiger partial charge in [-0.3, -0.25) is 9.59 Å². The largest absolute Gasteiger partial charge is 0.465 e. The average molecular weight is 304 g/mol. The number of rotatable bonds is 12. The van der Waals surface area contributed by atoms with Crippen LogP contribution in [0.25, 0.3) is 0 Å². The summed E-state index contributed by atoms with van der Waals surface area (Å²) in [6.07, 6.45) is 2.52. The van der Waals surface area contributed by atoms with Gasteiger partial charge in [0.15, 0.2) is 0 Å². The first-order valence-electron chi connectivity index (χ1n) is 7.66. The second-order valence-electron chi connectivity index (χ2n) is 5.03. The summed E-state index contributed by atoms with van der Waals surface area (Å²) in [7, 11) is 0. The van der Waals surface area contributed by atoms with Gasteiger partial charge in [0.05, 0.1) is 25.4 Å². The summed E-state index contributed by atoms with van der Waals surface area (Å²) in [6, 6.07) is 0. The van der Waals surface area contributed by atoms with Crippen molar-refractivity contribution >= 4 is 11.9 Å². The molecule has 2 unspecified atom stereocenters. The molecule has 0 amide bonds. The highest BCUT2D eigenvalue weighted by atomic mass is 16.6. The van der Waals surface area contributed by atoms with Crippen LogP contribution < -0.4 is 0 Å². The van der Waals surface area contributed by atoms with Crippen LogP contribution >= 0.6 is 0 Å². The molecule has 6 nitrogen and oxygen atoms in total. The highest BCUT2D eigenvalue weighted by molar-refractivity contribution is 5.91. The Morgan fingerprint density at radius 3 is 1.57 bits per heavy atom. The SMILES string of the molecule is CCC(O)CCCOC(=O)CC(=O)OCCCC(O)CC. The van der Waals surface area contributed by atoms with Crippen LogP contribution in [0.5, 0.6) is 0 Å². The lowest BCUT2D eigenvalue weighted by Crippen LogP contribution is -2.16. The van der Waals surface area contributed by atoms with Gasteiger partial charge in [0, 0.05) is 0 Å². The van der Waals surface area contributed by atoms with E-state index in [0.717, 1.165) is 0 Å². The Labute approximate surface area is 126 Å². The number of hydrogen-bond donors (Lipinski definition) is 2. The maximum atomic E-state index is 11.3. The van der Waals surface area contributed by atoms with E-state index in [1.807, 2.05) is 13.8 Å². The van der Waals surface area contributed by atoms with E-state index in [2.05, 4.69) is 0 Å². The molecule has 0 aliphatic carbocycles. The van der Waals surface area contributed by atoms with Crippen molar-refractivity contribution in [3.8, 4) is 0 Å². The standard InChI is InChI=1S/C15H28O6/c1-3-12(16)7-5-9-20-14(18)11-15(19)21-10-6-8-13(17)4-2/h12-13,16-17H,3-11H2,1-2H3. The zero-order valence-corrected chi connectivity index (χ0v) is 13.0. The van der Waals surface area contributed by atoms with Gasteiger partial charge in [-0.1, -0.05) is 13.8 Å². The summed E-state index contributed by atoms with van der Waals surface area (Å²) in [5.74, 6) is -1.22. The number of aliphatic hydroxyl groups excluding tert-OH is 2. The summed E-state index contributed by atoms with van der Waals surface area (Å²) in [5, 5.41) is 18.6. The van der Waals surface area contributed by atoms with Crippen molar-refractivity contribution in [3.05, 3.63) is 0 Å². The van der Waals surface area contributed by atoms with Crippen molar-refractivity contribution in [2.24, 2.45) is 0 Å². The zero-order chi connectivity index (χ0) is 16.1. The molecule has 0 aliphatic rings. The molecule has 0 aliphatic heterocycles. The van der Waals surface area contributed by atoms with Crippen LogP contribution in [0.3, 0.4) is 0 Å². The van der Waals surface area contributed by atoms with Gasteiger partial charge in [-0.25, -0.2) is 0 Å². The lowest BCUT2D eigenvalue weighted by molar-refractivity contribution is -0.154. The van der Waals surface area contributed by atoms with Crippen LogP contribution in [0, 0.1) is 0 Å². The van der Waals surface area contributed by atoms with Crippen LogP contribution in [0.1, 0.15) is 58.8 Å². The quantitative estimate of drug-likeness (QED) is 0.323. The van der Waals surface area contributed by atoms with E-state index in [1.165, 1.54) is 0 Å². The summed E-state index contributed by atoms with van der Waals surface area (Å²) in [6.45, 7) is 4.16. The van der Waals surface area contributed by atoms with Gasteiger partial charge in [-0.15, -0.1) is 0 Å². The third-order valence-electron chi connectivity index (χ3n) is 3.12. The number of ether oxygens (including phenoxy) is 2. The molecule has 2 N–H and O–H groups in total. The van der Waals surface area contributed by atoms with Gasteiger partial charge in [-0.05, 0) is 38.5 Å². The first-order chi connectivity index (χ1) is 9.99. The first-order valence-corrected chi connectivity index (χ1v) is 7.66. The van der Waals surface area contributed by atoms with Crippen molar-refractivity contribution in [2.45, 2.75) is 71.0 Å². The Balaban J connectivity index is 3.54. The maximum absolute atomic E-state index is 11.3. The van der Waals surface area contributed by atoms with E-state index in [9.17, 15) is 19.8 Å². The van der Waals surface area contributed by atoms with Gasteiger partial charge in [0.1, 0.15) is 6.42 Å². The molecule has 0 rings (SSSR count). The predicted molar refractivity (Wildman–Crippen MR) is 77.6 cm³/mol. The van der Waals surface area contributed by atoms with Crippen molar-refractivity contribution < 1.29 is 29.3 Å². The zero-order valence-electron chi connectivity index (χ0n) is 13.0. The fourth-order valence-electron chi connectivity index (χ4n) is 1.64. The van der Waals surface area contributed by atoms with Gasteiger partial charge < -0.3 is 19.7 Å². The van der Waals surface area contributed by atoms with Crippen molar-refractivity contribution in [1.29, 1.82) is 0 Å². The van der Waals surface area contributed by atoms with Crippen LogP contribution in [0.2, 0.25) is 0 Å². The number of esters is 2. The number of carbonyl (C=O) groups excluding carboxylic acids is 2. The molecule has 0 saturated carbocycles. The maximum Gasteiger partial charge on any atom is 0.317 e. The summed E-state index contributed by atoms with van der Waals surface area (Å²) in [4.78, 5) is 22.7. The van der Waals surface area contributed by atoms with Crippen LogP contribution in [0.15, 0.2) is 0 Å². The molecule has 0 aromatic carbocycles. The second-order valence-corrected chi connectivity index (χ2v) is 5.03. The predicted octanol–water partition coefficient (Wildman–Crippen LogP) is 1.57. The molecule has 6 heteroatoms. The molecule has 0 radical (unpaired) electrons. The molecule has 0 aromatic rings. The smallest absolute Gasteiger partial charge is 0.317 e. The molecular weight excluding hydrogens is 276 g/mol. The summed E-state index contributed by atoms with van der Waals surface area (Å²) in [5.41, 5.74) is 0. The first kappa shape index (κ1) is 19.9. The molecule has 0 fully saturated rings. The fraction of sp³-hybridized carbons (Fsp3) is 0.867. The van der Waals surface area contributed by atoms with E-state index in [4.69, 9.17) is 9.47 Å². The number of aliphatic hydroxyl groups is 2. The number of hydrogen-bond acceptors (Lipinski definition) is 6. The van der Waals surface area contributed by atoms with Crippen molar-refractivity contribution in [2.75, 3.05) is 13.2 Å². The Morgan fingerprint density at radius 2 is 1.24 bits per heavy atom. The van der Waals surface area contributed by atoms with Gasteiger partial charge in [0.2, 0.25) is 0 Å². The van der Waals surface area contributed by atoms with Gasteiger partial charge in [0.25, 0.3) is 0 Å². The molecule has 0 spiro atoms. The van der Waals surface area contributed by atoms with E-state index in [-0.39, 0.29) is 25.4 Å². The molecular formula is C15H28O6. The highest BCUT2D eigenvalue weighted by Gasteiger charge is 2.12.